The Kier molecular flexibility index (Phi) is 3.04. The molecule has 0 aliphatic rings. The summed E-state index contributed by atoms with van der Waals surface area (Å²) in [6, 6.07) is 7.43. The number of halogens is 1. The van der Waals surface area contributed by atoms with Gasteiger partial charge in [0.2, 0.25) is 5.95 Å². The van der Waals surface area contributed by atoms with E-state index in [4.69, 9.17) is 0 Å². The van der Waals surface area contributed by atoms with Gasteiger partial charge >= 0.3 is 0 Å². The van der Waals surface area contributed by atoms with Gasteiger partial charge in [-0.15, -0.1) is 0 Å². The molecule has 0 unspecified atom stereocenters. The van der Waals surface area contributed by atoms with Crippen molar-refractivity contribution in [2.24, 2.45) is 0 Å². The largest absolute Gasteiger partial charge is 0.329 e. The Balaban J connectivity index is 2.40. The zero-order chi connectivity index (χ0) is 12.4. The first-order valence-corrected chi connectivity index (χ1v) is 5.36. The molecule has 0 fully saturated rings. The number of nitrogens with zero attached hydrogens (tertiary/aromatic N) is 3. The van der Waals surface area contributed by atoms with Crippen molar-refractivity contribution < 1.29 is 4.39 Å². The molecule has 0 bridgehead atoms. The summed E-state index contributed by atoms with van der Waals surface area (Å²) in [7, 11) is 1.86. The lowest BCUT2D eigenvalue weighted by Crippen LogP contribution is -2.13. The number of anilines is 2. The minimum Gasteiger partial charge on any atom is -0.329 e. The standard InChI is InChI=1S/C13H14FN3/c1-9-4-5-11(10(2)6-9)17(3)13-7-12(14)15-8-16-13/h4-8H,1-3H3. The first-order valence-electron chi connectivity index (χ1n) is 5.36. The van der Waals surface area contributed by atoms with Crippen LogP contribution in [0.5, 0.6) is 0 Å². The van der Waals surface area contributed by atoms with E-state index in [1.54, 1.807) is 0 Å². The molecular weight excluding hydrogens is 217 g/mol. The van der Waals surface area contributed by atoms with Gasteiger partial charge in [0, 0.05) is 18.8 Å². The minimum atomic E-state index is -0.522. The zero-order valence-electron chi connectivity index (χ0n) is 10.1. The lowest BCUT2D eigenvalue weighted by atomic mass is 10.1. The van der Waals surface area contributed by atoms with Crippen molar-refractivity contribution in [3.8, 4) is 0 Å². The van der Waals surface area contributed by atoms with Crippen LogP contribution in [0.2, 0.25) is 0 Å². The van der Waals surface area contributed by atoms with Crippen molar-refractivity contribution >= 4 is 11.5 Å². The maximum atomic E-state index is 13.0. The van der Waals surface area contributed by atoms with E-state index < -0.39 is 5.95 Å². The molecule has 0 amide bonds. The van der Waals surface area contributed by atoms with Gasteiger partial charge in [0.05, 0.1) is 0 Å². The first kappa shape index (κ1) is 11.5. The van der Waals surface area contributed by atoms with Crippen LogP contribution in [0, 0.1) is 19.8 Å². The third-order valence-corrected chi connectivity index (χ3v) is 2.68. The summed E-state index contributed by atoms with van der Waals surface area (Å²) in [5.74, 6) is 0.0241. The Morgan fingerprint density at radius 3 is 2.53 bits per heavy atom. The maximum absolute atomic E-state index is 13.0. The Morgan fingerprint density at radius 2 is 1.88 bits per heavy atom. The molecule has 0 spiro atoms. The molecule has 0 radical (unpaired) electrons. The fraction of sp³-hybridized carbons (Fsp3) is 0.231. The van der Waals surface area contributed by atoms with Crippen LogP contribution in [0.15, 0.2) is 30.6 Å². The van der Waals surface area contributed by atoms with Crippen molar-refractivity contribution in [3.63, 3.8) is 0 Å². The molecule has 4 heteroatoms. The first-order chi connectivity index (χ1) is 8.08. The summed E-state index contributed by atoms with van der Waals surface area (Å²) in [5.41, 5.74) is 3.34. The highest BCUT2D eigenvalue weighted by atomic mass is 19.1. The molecule has 0 aliphatic heterocycles. The molecule has 1 aromatic carbocycles. The molecule has 1 heterocycles. The van der Waals surface area contributed by atoms with E-state index in [-0.39, 0.29) is 0 Å². The highest BCUT2D eigenvalue weighted by Crippen LogP contribution is 2.25. The molecule has 0 saturated carbocycles. The van der Waals surface area contributed by atoms with E-state index in [0.29, 0.717) is 5.82 Å². The van der Waals surface area contributed by atoms with Gasteiger partial charge in [0.1, 0.15) is 12.1 Å². The third kappa shape index (κ3) is 2.41. The fourth-order valence-electron chi connectivity index (χ4n) is 1.81. The monoisotopic (exact) mass is 231 g/mol. The van der Waals surface area contributed by atoms with Crippen molar-refractivity contribution in [1.29, 1.82) is 0 Å². The van der Waals surface area contributed by atoms with Crippen LogP contribution in [-0.2, 0) is 0 Å². The van der Waals surface area contributed by atoms with Gasteiger partial charge in [-0.25, -0.2) is 9.97 Å². The van der Waals surface area contributed by atoms with Crippen LogP contribution in [0.3, 0.4) is 0 Å². The molecule has 2 aromatic rings. The summed E-state index contributed by atoms with van der Waals surface area (Å²) >= 11 is 0. The molecular formula is C13H14FN3. The predicted molar refractivity (Wildman–Crippen MR) is 66.0 cm³/mol. The van der Waals surface area contributed by atoms with Crippen LogP contribution in [0.4, 0.5) is 15.9 Å². The highest BCUT2D eigenvalue weighted by Gasteiger charge is 2.09. The van der Waals surface area contributed by atoms with Crippen molar-refractivity contribution in [2.75, 3.05) is 11.9 Å². The van der Waals surface area contributed by atoms with E-state index >= 15 is 0 Å². The summed E-state index contributed by atoms with van der Waals surface area (Å²) in [5, 5.41) is 0. The molecule has 1 aromatic heterocycles. The van der Waals surface area contributed by atoms with Gasteiger partial charge in [0.25, 0.3) is 0 Å². The second kappa shape index (κ2) is 4.49. The summed E-state index contributed by atoms with van der Waals surface area (Å²) in [4.78, 5) is 9.35. The quantitative estimate of drug-likeness (QED) is 0.744. The summed E-state index contributed by atoms with van der Waals surface area (Å²) in [6.07, 6.45) is 1.23. The SMILES string of the molecule is Cc1ccc(N(C)c2cc(F)ncn2)c(C)c1. The third-order valence-electron chi connectivity index (χ3n) is 2.68. The molecule has 3 nitrogen and oxygen atoms in total. The van der Waals surface area contributed by atoms with Gasteiger partial charge in [-0.1, -0.05) is 17.7 Å². The molecule has 0 aliphatic carbocycles. The highest BCUT2D eigenvalue weighted by molar-refractivity contribution is 5.63. The Bertz CT molecular complexity index is 540. The molecule has 0 atom stereocenters. The predicted octanol–water partition coefficient (Wildman–Crippen LogP) is 3.00. The fourth-order valence-corrected chi connectivity index (χ4v) is 1.81. The number of hydrogen-bond donors (Lipinski definition) is 0. The van der Waals surface area contributed by atoms with Crippen molar-refractivity contribution in [3.05, 3.63) is 47.7 Å². The molecule has 17 heavy (non-hydrogen) atoms. The Labute approximate surface area is 99.9 Å². The number of hydrogen-bond acceptors (Lipinski definition) is 3. The molecule has 0 N–H and O–H groups in total. The van der Waals surface area contributed by atoms with Crippen LogP contribution in [0.1, 0.15) is 11.1 Å². The summed E-state index contributed by atoms with van der Waals surface area (Å²) < 4.78 is 13.0. The number of benzene rings is 1. The van der Waals surface area contributed by atoms with Crippen LogP contribution in [-0.4, -0.2) is 17.0 Å². The van der Waals surface area contributed by atoms with Crippen LogP contribution in [0.25, 0.3) is 0 Å². The molecule has 2 rings (SSSR count). The lowest BCUT2D eigenvalue weighted by molar-refractivity contribution is 0.579. The lowest BCUT2D eigenvalue weighted by Gasteiger charge is -2.20. The second-order valence-corrected chi connectivity index (χ2v) is 4.05. The molecule has 88 valence electrons. The Hall–Kier alpha value is -1.97. The zero-order valence-corrected chi connectivity index (χ0v) is 10.1. The van der Waals surface area contributed by atoms with Gasteiger partial charge in [0.15, 0.2) is 0 Å². The van der Waals surface area contributed by atoms with E-state index in [1.165, 1.54) is 18.0 Å². The second-order valence-electron chi connectivity index (χ2n) is 4.05. The average Bonchev–Trinajstić information content (AvgIpc) is 2.28. The van der Waals surface area contributed by atoms with Gasteiger partial charge in [-0.2, -0.15) is 4.39 Å². The van der Waals surface area contributed by atoms with Crippen LogP contribution < -0.4 is 4.90 Å². The van der Waals surface area contributed by atoms with Crippen molar-refractivity contribution in [2.45, 2.75) is 13.8 Å². The van der Waals surface area contributed by atoms with E-state index in [0.717, 1.165) is 11.3 Å². The smallest absolute Gasteiger partial charge is 0.218 e. The average molecular weight is 231 g/mol. The van der Waals surface area contributed by atoms with E-state index in [2.05, 4.69) is 16.0 Å². The van der Waals surface area contributed by atoms with Gasteiger partial charge in [-0.3, -0.25) is 0 Å². The Morgan fingerprint density at radius 1 is 1.12 bits per heavy atom. The van der Waals surface area contributed by atoms with Gasteiger partial charge in [-0.05, 0) is 25.5 Å². The topological polar surface area (TPSA) is 29.0 Å². The molecule has 0 saturated heterocycles. The number of rotatable bonds is 2. The van der Waals surface area contributed by atoms with Gasteiger partial charge < -0.3 is 4.90 Å². The minimum absolute atomic E-state index is 0.522. The summed E-state index contributed by atoms with van der Waals surface area (Å²) in [6.45, 7) is 4.07. The normalized spacial score (nSPS) is 10.4. The van der Waals surface area contributed by atoms with E-state index in [1.807, 2.05) is 37.9 Å². The number of aromatic nitrogens is 2. The van der Waals surface area contributed by atoms with Crippen molar-refractivity contribution in [1.82, 2.24) is 9.97 Å². The number of aryl methyl sites for hydroxylation is 2. The van der Waals surface area contributed by atoms with Crippen LogP contribution >= 0.6 is 0 Å². The van der Waals surface area contributed by atoms with E-state index in [9.17, 15) is 4.39 Å². The maximum Gasteiger partial charge on any atom is 0.218 e.